The average Bonchev–Trinajstić information content (AvgIpc) is 3.31. The number of carbonyl (C=O) groups excluding carboxylic acids is 1. The fraction of sp³-hybridized carbons (Fsp3) is 0.138. The van der Waals surface area contributed by atoms with Crippen LogP contribution in [0.2, 0.25) is 0 Å². The lowest BCUT2D eigenvalue weighted by Crippen LogP contribution is -2.05. The Morgan fingerprint density at radius 2 is 1.94 bits per heavy atom. The van der Waals surface area contributed by atoms with Crippen molar-refractivity contribution < 1.29 is 9.53 Å². The van der Waals surface area contributed by atoms with E-state index in [2.05, 4.69) is 17.1 Å². The van der Waals surface area contributed by atoms with Crippen molar-refractivity contribution in [3.8, 4) is 22.8 Å². The second-order valence-corrected chi connectivity index (χ2v) is 8.37. The highest BCUT2D eigenvalue weighted by atomic mass is 16.5. The molecule has 1 aliphatic rings. The van der Waals surface area contributed by atoms with Gasteiger partial charge in [0.05, 0.1) is 11.4 Å². The standard InChI is InChI=1S/C29H24N2O2/c1-19-6-3-7-21(14-19)28(32)16-23-15-24(12-11-20(23)2)33-29-17-27(22-8-5-13-30-18-22)31-26-10-4-9-25(26)29/h3-9,11-15,17-18H,10,16H2,1-2H3. The summed E-state index contributed by atoms with van der Waals surface area (Å²) < 4.78 is 6.36. The Morgan fingerprint density at radius 3 is 2.76 bits per heavy atom. The third kappa shape index (κ3) is 4.46. The molecule has 2 heterocycles. The molecule has 0 aliphatic heterocycles. The molecule has 0 saturated carbocycles. The number of ether oxygens (including phenoxy) is 1. The molecule has 0 atom stereocenters. The average molecular weight is 433 g/mol. The Bertz CT molecular complexity index is 1370. The van der Waals surface area contributed by atoms with E-state index in [1.54, 1.807) is 6.20 Å². The molecule has 0 fully saturated rings. The predicted octanol–water partition coefficient (Wildman–Crippen LogP) is 6.55. The molecule has 0 spiro atoms. The zero-order valence-corrected chi connectivity index (χ0v) is 18.7. The predicted molar refractivity (Wildman–Crippen MR) is 131 cm³/mol. The number of rotatable bonds is 6. The third-order valence-electron chi connectivity index (χ3n) is 5.89. The summed E-state index contributed by atoms with van der Waals surface area (Å²) in [5.74, 6) is 1.57. The highest BCUT2D eigenvalue weighted by Gasteiger charge is 2.17. The van der Waals surface area contributed by atoms with Crippen LogP contribution in [0.1, 0.15) is 38.3 Å². The minimum absolute atomic E-state index is 0.102. The van der Waals surface area contributed by atoms with Gasteiger partial charge in [0, 0.05) is 48.0 Å². The normalized spacial score (nSPS) is 11.9. The molecule has 5 rings (SSSR count). The molecule has 0 unspecified atom stereocenters. The smallest absolute Gasteiger partial charge is 0.167 e. The minimum atomic E-state index is 0.102. The SMILES string of the molecule is Cc1cccc(C(=O)Cc2cc(Oc3cc(-c4cccnc4)nc4c3C=CC4)ccc2C)c1. The van der Waals surface area contributed by atoms with E-state index in [4.69, 9.17) is 9.72 Å². The van der Waals surface area contributed by atoms with Crippen LogP contribution in [0.25, 0.3) is 17.3 Å². The van der Waals surface area contributed by atoms with Crippen molar-refractivity contribution in [1.82, 2.24) is 9.97 Å². The first-order valence-corrected chi connectivity index (χ1v) is 11.0. The fourth-order valence-electron chi connectivity index (χ4n) is 4.07. The van der Waals surface area contributed by atoms with Gasteiger partial charge in [0.15, 0.2) is 5.78 Å². The van der Waals surface area contributed by atoms with Crippen molar-refractivity contribution in [2.24, 2.45) is 0 Å². The molecule has 1 aliphatic carbocycles. The Labute approximate surface area is 193 Å². The highest BCUT2D eigenvalue weighted by Crippen LogP contribution is 2.35. The summed E-state index contributed by atoms with van der Waals surface area (Å²) >= 11 is 0. The number of nitrogens with zero attached hydrogens (tertiary/aromatic N) is 2. The maximum absolute atomic E-state index is 12.9. The van der Waals surface area contributed by atoms with Gasteiger partial charge in [0.25, 0.3) is 0 Å². The van der Waals surface area contributed by atoms with Crippen molar-refractivity contribution in [3.05, 3.63) is 113 Å². The molecular weight excluding hydrogens is 408 g/mol. The first kappa shape index (κ1) is 20.8. The van der Waals surface area contributed by atoms with Crippen LogP contribution < -0.4 is 4.74 Å². The van der Waals surface area contributed by atoms with Crippen LogP contribution in [-0.2, 0) is 12.8 Å². The van der Waals surface area contributed by atoms with Crippen LogP contribution in [0.5, 0.6) is 11.5 Å². The number of pyridine rings is 2. The van der Waals surface area contributed by atoms with Gasteiger partial charge < -0.3 is 4.74 Å². The summed E-state index contributed by atoms with van der Waals surface area (Å²) in [6.07, 6.45) is 8.83. The van der Waals surface area contributed by atoms with E-state index < -0.39 is 0 Å². The summed E-state index contributed by atoms with van der Waals surface area (Å²) in [4.78, 5) is 21.9. The van der Waals surface area contributed by atoms with E-state index in [0.29, 0.717) is 12.2 Å². The number of allylic oxidation sites excluding steroid dienone is 1. The number of ketones is 1. The molecule has 33 heavy (non-hydrogen) atoms. The van der Waals surface area contributed by atoms with Gasteiger partial charge in [-0.2, -0.15) is 0 Å². The molecule has 0 N–H and O–H groups in total. The molecular formula is C29H24N2O2. The lowest BCUT2D eigenvalue weighted by molar-refractivity contribution is 0.0992. The lowest BCUT2D eigenvalue weighted by Gasteiger charge is -2.14. The van der Waals surface area contributed by atoms with Crippen LogP contribution in [0, 0.1) is 13.8 Å². The summed E-state index contributed by atoms with van der Waals surface area (Å²) in [5, 5.41) is 0. The second kappa shape index (κ2) is 8.83. The van der Waals surface area contributed by atoms with Gasteiger partial charge >= 0.3 is 0 Å². The van der Waals surface area contributed by atoms with Crippen molar-refractivity contribution >= 4 is 11.9 Å². The van der Waals surface area contributed by atoms with Crippen molar-refractivity contribution in [1.29, 1.82) is 0 Å². The van der Waals surface area contributed by atoms with Crippen molar-refractivity contribution in [3.63, 3.8) is 0 Å². The van der Waals surface area contributed by atoms with Crippen molar-refractivity contribution in [2.45, 2.75) is 26.7 Å². The van der Waals surface area contributed by atoms with Gasteiger partial charge in [-0.3, -0.25) is 14.8 Å². The van der Waals surface area contributed by atoms with E-state index in [9.17, 15) is 4.79 Å². The van der Waals surface area contributed by atoms with Crippen LogP contribution in [0.4, 0.5) is 0 Å². The van der Waals surface area contributed by atoms with Gasteiger partial charge in [-0.15, -0.1) is 0 Å². The molecule has 4 aromatic rings. The summed E-state index contributed by atoms with van der Waals surface area (Å²) in [5.41, 5.74) is 7.63. The third-order valence-corrected chi connectivity index (χ3v) is 5.89. The summed E-state index contributed by atoms with van der Waals surface area (Å²) in [6.45, 7) is 4.02. The largest absolute Gasteiger partial charge is 0.457 e. The van der Waals surface area contributed by atoms with Gasteiger partial charge in [-0.25, -0.2) is 0 Å². The zero-order chi connectivity index (χ0) is 22.8. The molecule has 0 amide bonds. The second-order valence-electron chi connectivity index (χ2n) is 8.37. The van der Waals surface area contributed by atoms with Crippen molar-refractivity contribution in [2.75, 3.05) is 0 Å². The minimum Gasteiger partial charge on any atom is -0.457 e. The zero-order valence-electron chi connectivity index (χ0n) is 18.7. The number of aromatic nitrogens is 2. The van der Waals surface area contributed by atoms with E-state index in [0.717, 1.165) is 56.9 Å². The fourth-order valence-corrected chi connectivity index (χ4v) is 4.07. The molecule has 4 nitrogen and oxygen atoms in total. The number of benzene rings is 2. The van der Waals surface area contributed by atoms with Crippen LogP contribution in [0.3, 0.4) is 0 Å². The van der Waals surface area contributed by atoms with Gasteiger partial charge in [-0.1, -0.05) is 42.0 Å². The van der Waals surface area contributed by atoms with E-state index in [1.165, 1.54) is 0 Å². The van der Waals surface area contributed by atoms with E-state index in [-0.39, 0.29) is 5.78 Å². The molecule has 2 aromatic heterocycles. The molecule has 0 saturated heterocycles. The summed E-state index contributed by atoms with van der Waals surface area (Å²) in [6, 6.07) is 19.5. The van der Waals surface area contributed by atoms with Gasteiger partial charge in [0.2, 0.25) is 0 Å². The first-order valence-electron chi connectivity index (χ1n) is 11.0. The van der Waals surface area contributed by atoms with Gasteiger partial charge in [-0.05, 0) is 55.3 Å². The van der Waals surface area contributed by atoms with E-state index in [1.807, 2.05) is 80.7 Å². The Kier molecular flexibility index (Phi) is 5.57. The Hall–Kier alpha value is -4.05. The number of aryl methyl sites for hydroxylation is 2. The number of hydrogen-bond acceptors (Lipinski definition) is 4. The quantitative estimate of drug-likeness (QED) is 0.324. The van der Waals surface area contributed by atoms with Gasteiger partial charge in [0.1, 0.15) is 11.5 Å². The number of hydrogen-bond donors (Lipinski definition) is 0. The molecule has 2 aromatic carbocycles. The van der Waals surface area contributed by atoms with Crippen LogP contribution >= 0.6 is 0 Å². The maximum Gasteiger partial charge on any atom is 0.167 e. The molecule has 162 valence electrons. The molecule has 0 radical (unpaired) electrons. The number of Topliss-reactive ketones (excluding diaryl/α,β-unsaturated/α-hetero) is 1. The maximum atomic E-state index is 12.9. The lowest BCUT2D eigenvalue weighted by atomic mass is 9.98. The Morgan fingerprint density at radius 1 is 1.03 bits per heavy atom. The number of carbonyl (C=O) groups is 1. The molecule has 4 heteroatoms. The van der Waals surface area contributed by atoms with Crippen LogP contribution in [-0.4, -0.2) is 15.8 Å². The highest BCUT2D eigenvalue weighted by molar-refractivity contribution is 5.97. The Balaban J connectivity index is 1.45. The monoisotopic (exact) mass is 432 g/mol. The number of fused-ring (bicyclic) bond motifs is 1. The van der Waals surface area contributed by atoms with Crippen LogP contribution in [0.15, 0.2) is 79.1 Å². The van der Waals surface area contributed by atoms with E-state index >= 15 is 0 Å². The summed E-state index contributed by atoms with van der Waals surface area (Å²) in [7, 11) is 0. The topological polar surface area (TPSA) is 52.1 Å². The molecule has 0 bridgehead atoms. The first-order chi connectivity index (χ1) is 16.1.